The van der Waals surface area contributed by atoms with Gasteiger partial charge in [0.15, 0.2) is 0 Å². The molecule has 1 aliphatic carbocycles. The number of amides is 1. The van der Waals surface area contributed by atoms with E-state index in [4.69, 9.17) is 9.26 Å². The average Bonchev–Trinajstić information content (AvgIpc) is 3.25. The van der Waals surface area contributed by atoms with Gasteiger partial charge in [0.25, 0.3) is 0 Å². The van der Waals surface area contributed by atoms with Crippen LogP contribution in [0.15, 0.2) is 28.8 Å². The molecule has 1 N–H and O–H groups in total. The number of carbonyl (C=O) groups excluding carboxylic acids is 1. The summed E-state index contributed by atoms with van der Waals surface area (Å²) in [6.07, 6.45) is 4.16. The highest BCUT2D eigenvalue weighted by molar-refractivity contribution is 5.79. The SMILES string of the molecule is COc1ccc(-c2noc(N3CCC(C(=O)NCC4CCN(CC5CC5(C)C)C4)CC3)n2)cc1. The lowest BCUT2D eigenvalue weighted by molar-refractivity contribution is -0.125. The van der Waals surface area contributed by atoms with Crippen LogP contribution in [0.1, 0.15) is 39.5 Å². The number of carbonyl (C=O) groups is 1. The standard InChI is InChI=1S/C26H37N5O3/c1-26(2)14-21(26)17-30-11-8-18(16-30)15-27-24(32)20-9-12-31(13-10-20)25-28-23(29-34-25)19-4-6-22(33-3)7-5-19/h4-7,18,20-21H,8-17H2,1-3H3,(H,27,32). The zero-order valence-corrected chi connectivity index (χ0v) is 20.6. The Kier molecular flexibility index (Phi) is 6.51. The van der Waals surface area contributed by atoms with E-state index >= 15 is 0 Å². The summed E-state index contributed by atoms with van der Waals surface area (Å²) >= 11 is 0. The van der Waals surface area contributed by atoms with Crippen molar-refractivity contribution in [3.05, 3.63) is 24.3 Å². The van der Waals surface area contributed by atoms with E-state index in [2.05, 4.69) is 39.1 Å². The van der Waals surface area contributed by atoms with Gasteiger partial charge >= 0.3 is 6.01 Å². The molecular weight excluding hydrogens is 430 g/mol. The van der Waals surface area contributed by atoms with Gasteiger partial charge in [-0.1, -0.05) is 19.0 Å². The zero-order chi connectivity index (χ0) is 23.7. The van der Waals surface area contributed by atoms with Gasteiger partial charge < -0.3 is 24.4 Å². The number of likely N-dealkylation sites (tertiary alicyclic amines) is 1. The Balaban J connectivity index is 1.04. The summed E-state index contributed by atoms with van der Waals surface area (Å²) in [6.45, 7) is 10.6. The molecular formula is C26H37N5O3. The van der Waals surface area contributed by atoms with Crippen LogP contribution in [0.25, 0.3) is 11.4 Å². The van der Waals surface area contributed by atoms with Crippen molar-refractivity contribution in [3.63, 3.8) is 0 Å². The summed E-state index contributed by atoms with van der Waals surface area (Å²) in [6, 6.07) is 8.12. The second-order valence-corrected chi connectivity index (χ2v) is 10.9. The third kappa shape index (κ3) is 5.22. The molecule has 5 rings (SSSR count). The number of hydrogen-bond donors (Lipinski definition) is 1. The van der Waals surface area contributed by atoms with Crippen molar-refractivity contribution in [2.75, 3.05) is 51.3 Å². The van der Waals surface area contributed by atoms with Crippen molar-refractivity contribution < 1.29 is 14.1 Å². The average molecular weight is 468 g/mol. The molecule has 1 amide bonds. The van der Waals surface area contributed by atoms with Crippen LogP contribution < -0.4 is 15.0 Å². The largest absolute Gasteiger partial charge is 0.497 e. The van der Waals surface area contributed by atoms with Crippen molar-refractivity contribution in [2.45, 2.75) is 39.5 Å². The fraction of sp³-hybridized carbons (Fsp3) is 0.654. The Morgan fingerprint density at radius 1 is 1.18 bits per heavy atom. The Morgan fingerprint density at radius 2 is 1.91 bits per heavy atom. The van der Waals surface area contributed by atoms with E-state index in [9.17, 15) is 4.79 Å². The van der Waals surface area contributed by atoms with Crippen LogP contribution >= 0.6 is 0 Å². The van der Waals surface area contributed by atoms with Gasteiger partial charge in [0.05, 0.1) is 7.11 Å². The van der Waals surface area contributed by atoms with Crippen molar-refractivity contribution in [3.8, 4) is 17.1 Å². The molecule has 0 spiro atoms. The van der Waals surface area contributed by atoms with Crippen molar-refractivity contribution in [1.29, 1.82) is 0 Å². The van der Waals surface area contributed by atoms with E-state index in [0.717, 1.165) is 56.3 Å². The normalized spacial score (nSPS) is 24.9. The zero-order valence-electron chi connectivity index (χ0n) is 20.6. The van der Waals surface area contributed by atoms with Gasteiger partial charge in [-0.2, -0.15) is 4.98 Å². The lowest BCUT2D eigenvalue weighted by Crippen LogP contribution is -2.42. The number of anilines is 1. The first kappa shape index (κ1) is 23.1. The van der Waals surface area contributed by atoms with E-state index in [1.165, 1.54) is 25.9 Å². The topological polar surface area (TPSA) is 83.7 Å². The third-order valence-corrected chi connectivity index (χ3v) is 8.03. The fourth-order valence-electron chi connectivity index (χ4n) is 5.37. The van der Waals surface area contributed by atoms with Crippen LogP contribution in [0.3, 0.4) is 0 Å². The number of nitrogens with zero attached hydrogens (tertiary/aromatic N) is 4. The lowest BCUT2D eigenvalue weighted by Gasteiger charge is -2.30. The van der Waals surface area contributed by atoms with Crippen molar-refractivity contribution in [1.82, 2.24) is 20.4 Å². The van der Waals surface area contributed by atoms with E-state index in [1.807, 2.05) is 24.3 Å². The van der Waals surface area contributed by atoms with Gasteiger partial charge in [0, 0.05) is 44.2 Å². The Hall–Kier alpha value is -2.61. The van der Waals surface area contributed by atoms with Crippen LogP contribution in [0.4, 0.5) is 6.01 Å². The minimum Gasteiger partial charge on any atom is -0.497 e. The number of ether oxygens (including phenoxy) is 1. The minimum absolute atomic E-state index is 0.0602. The number of nitrogens with one attached hydrogen (secondary N) is 1. The molecule has 3 aliphatic rings. The molecule has 2 aliphatic heterocycles. The summed E-state index contributed by atoms with van der Waals surface area (Å²) in [7, 11) is 1.64. The highest BCUT2D eigenvalue weighted by Crippen LogP contribution is 2.52. The summed E-state index contributed by atoms with van der Waals surface area (Å²) in [5.74, 6) is 3.06. The molecule has 1 aromatic carbocycles. The molecule has 34 heavy (non-hydrogen) atoms. The van der Waals surface area contributed by atoms with E-state index in [1.54, 1.807) is 7.11 Å². The maximum absolute atomic E-state index is 12.8. The molecule has 3 fully saturated rings. The van der Waals surface area contributed by atoms with Gasteiger partial charge in [0.2, 0.25) is 11.7 Å². The fourth-order valence-corrected chi connectivity index (χ4v) is 5.37. The second-order valence-electron chi connectivity index (χ2n) is 10.9. The molecule has 2 unspecified atom stereocenters. The summed E-state index contributed by atoms with van der Waals surface area (Å²) in [5.41, 5.74) is 1.43. The molecule has 1 saturated carbocycles. The molecule has 2 saturated heterocycles. The summed E-state index contributed by atoms with van der Waals surface area (Å²) < 4.78 is 10.7. The Labute approximate surface area is 202 Å². The molecule has 0 bridgehead atoms. The van der Waals surface area contributed by atoms with Gasteiger partial charge in [0.1, 0.15) is 5.75 Å². The number of rotatable bonds is 8. The van der Waals surface area contributed by atoms with Gasteiger partial charge in [-0.05, 0) is 73.7 Å². The number of aromatic nitrogens is 2. The van der Waals surface area contributed by atoms with Gasteiger partial charge in [-0.25, -0.2) is 0 Å². The van der Waals surface area contributed by atoms with Crippen LogP contribution in [-0.4, -0.2) is 67.3 Å². The van der Waals surface area contributed by atoms with E-state index in [0.29, 0.717) is 23.2 Å². The van der Waals surface area contributed by atoms with Crippen LogP contribution in [-0.2, 0) is 4.79 Å². The predicted octanol–water partition coefficient (Wildman–Crippen LogP) is 3.45. The predicted molar refractivity (Wildman–Crippen MR) is 131 cm³/mol. The molecule has 0 radical (unpaired) electrons. The van der Waals surface area contributed by atoms with Crippen molar-refractivity contribution >= 4 is 11.9 Å². The molecule has 184 valence electrons. The first-order valence-electron chi connectivity index (χ1n) is 12.6. The van der Waals surface area contributed by atoms with E-state index < -0.39 is 0 Å². The number of hydrogen-bond acceptors (Lipinski definition) is 7. The maximum Gasteiger partial charge on any atom is 0.324 e. The minimum atomic E-state index is 0.0602. The number of piperidine rings is 1. The smallest absolute Gasteiger partial charge is 0.324 e. The number of benzene rings is 1. The molecule has 8 nitrogen and oxygen atoms in total. The maximum atomic E-state index is 12.8. The second kappa shape index (κ2) is 9.56. The van der Waals surface area contributed by atoms with Crippen molar-refractivity contribution in [2.24, 2.45) is 23.2 Å². The van der Waals surface area contributed by atoms with Gasteiger partial charge in [-0.15, -0.1) is 0 Å². The lowest BCUT2D eigenvalue weighted by atomic mass is 9.96. The molecule has 1 aromatic heterocycles. The molecule has 2 aromatic rings. The molecule has 3 heterocycles. The Bertz CT molecular complexity index is 981. The third-order valence-electron chi connectivity index (χ3n) is 8.03. The highest BCUT2D eigenvalue weighted by atomic mass is 16.5. The first-order chi connectivity index (χ1) is 16.4. The van der Waals surface area contributed by atoms with Gasteiger partial charge in [-0.3, -0.25) is 4.79 Å². The van der Waals surface area contributed by atoms with Crippen LogP contribution in [0, 0.1) is 23.2 Å². The first-order valence-corrected chi connectivity index (χ1v) is 12.6. The number of methoxy groups -OCH3 is 1. The Morgan fingerprint density at radius 3 is 2.59 bits per heavy atom. The van der Waals surface area contributed by atoms with Crippen LogP contribution in [0.2, 0.25) is 0 Å². The quantitative estimate of drug-likeness (QED) is 0.637. The summed E-state index contributed by atoms with van der Waals surface area (Å²) in [4.78, 5) is 22.0. The monoisotopic (exact) mass is 467 g/mol. The summed E-state index contributed by atoms with van der Waals surface area (Å²) in [5, 5.41) is 7.37. The highest BCUT2D eigenvalue weighted by Gasteiger charge is 2.46. The van der Waals surface area contributed by atoms with E-state index in [-0.39, 0.29) is 11.8 Å². The van der Waals surface area contributed by atoms with Crippen LogP contribution in [0.5, 0.6) is 5.75 Å². The molecule has 8 heteroatoms. The molecule has 2 atom stereocenters.